The van der Waals surface area contributed by atoms with Crippen LogP contribution < -0.4 is 9.47 Å². The summed E-state index contributed by atoms with van der Waals surface area (Å²) in [5, 5.41) is 0.514. The van der Waals surface area contributed by atoms with E-state index in [0.717, 1.165) is 0 Å². The fourth-order valence-electron chi connectivity index (χ4n) is 2.54. The highest BCUT2D eigenvalue weighted by atomic mass is 35.5. The lowest BCUT2D eigenvalue weighted by molar-refractivity contribution is 0.0734. The second-order valence-corrected chi connectivity index (χ2v) is 8.90. The van der Waals surface area contributed by atoms with Crippen LogP contribution in [0.5, 0.6) is 11.5 Å². The van der Waals surface area contributed by atoms with Crippen molar-refractivity contribution in [3.8, 4) is 11.5 Å². The van der Waals surface area contributed by atoms with Gasteiger partial charge in [0.2, 0.25) is 9.84 Å². The molecule has 3 aromatic carbocycles. The number of ether oxygens (including phenoxy) is 2. The van der Waals surface area contributed by atoms with E-state index < -0.39 is 15.8 Å². The van der Waals surface area contributed by atoms with Crippen molar-refractivity contribution in [1.29, 1.82) is 0 Å². The van der Waals surface area contributed by atoms with Crippen molar-refractivity contribution in [3.05, 3.63) is 83.4 Å². The Morgan fingerprint density at radius 2 is 1.28 bits per heavy atom. The van der Waals surface area contributed by atoms with Crippen LogP contribution in [0.3, 0.4) is 0 Å². The third-order valence-corrected chi connectivity index (χ3v) is 5.97. The number of carbonyl (C=O) groups is 1. The molecule has 0 aliphatic heterocycles. The van der Waals surface area contributed by atoms with Gasteiger partial charge in [0.05, 0.1) is 21.5 Å². The zero-order valence-corrected chi connectivity index (χ0v) is 17.4. The van der Waals surface area contributed by atoms with Gasteiger partial charge >= 0.3 is 5.97 Å². The summed E-state index contributed by atoms with van der Waals surface area (Å²) >= 11 is 5.80. The monoisotopic (exact) mass is 430 g/mol. The maximum absolute atomic E-state index is 12.8. The number of benzene rings is 3. The normalized spacial score (nSPS) is 11.3. The van der Waals surface area contributed by atoms with E-state index >= 15 is 0 Å². The second kappa shape index (κ2) is 8.68. The Hall–Kier alpha value is -2.83. The molecule has 5 nitrogen and oxygen atoms in total. The number of sulfone groups is 1. The number of halogens is 1. The summed E-state index contributed by atoms with van der Waals surface area (Å²) in [6.45, 7) is 3.79. The van der Waals surface area contributed by atoms with E-state index in [4.69, 9.17) is 21.1 Å². The third-order valence-electron chi connectivity index (χ3n) is 3.93. The predicted molar refractivity (Wildman–Crippen MR) is 111 cm³/mol. The predicted octanol–water partition coefficient (Wildman–Crippen LogP) is 5.18. The minimum Gasteiger partial charge on any atom is -0.491 e. The third kappa shape index (κ3) is 5.16. The van der Waals surface area contributed by atoms with Crippen molar-refractivity contribution in [3.63, 3.8) is 0 Å². The lowest BCUT2D eigenvalue weighted by Gasteiger charge is -2.11. The Morgan fingerprint density at radius 1 is 0.793 bits per heavy atom. The molecule has 7 heteroatoms. The zero-order valence-electron chi connectivity index (χ0n) is 15.8. The van der Waals surface area contributed by atoms with E-state index in [2.05, 4.69) is 0 Å². The van der Waals surface area contributed by atoms with E-state index in [1.165, 1.54) is 36.4 Å². The summed E-state index contributed by atoms with van der Waals surface area (Å²) in [4.78, 5) is 12.4. The van der Waals surface area contributed by atoms with Crippen LogP contribution in [0.4, 0.5) is 0 Å². The van der Waals surface area contributed by atoms with Crippen molar-refractivity contribution < 1.29 is 22.7 Å². The van der Waals surface area contributed by atoms with Gasteiger partial charge in [-0.05, 0) is 86.6 Å². The van der Waals surface area contributed by atoms with Crippen molar-refractivity contribution in [2.75, 3.05) is 0 Å². The summed E-state index contributed by atoms with van der Waals surface area (Å²) in [6, 6.07) is 18.2. The van der Waals surface area contributed by atoms with Crippen molar-refractivity contribution in [2.24, 2.45) is 0 Å². The summed E-state index contributed by atoms with van der Waals surface area (Å²) in [6.07, 6.45) is 0.000541. The Kier molecular flexibility index (Phi) is 6.25. The molecular formula is C22H19ClO5S. The van der Waals surface area contributed by atoms with Crippen molar-refractivity contribution in [2.45, 2.75) is 29.7 Å². The number of rotatable bonds is 6. The van der Waals surface area contributed by atoms with Crippen LogP contribution in [-0.2, 0) is 9.84 Å². The molecular weight excluding hydrogens is 412 g/mol. The molecule has 0 fully saturated rings. The first-order valence-corrected chi connectivity index (χ1v) is 10.7. The van der Waals surface area contributed by atoms with Crippen LogP contribution in [0.25, 0.3) is 0 Å². The molecule has 0 heterocycles. The zero-order chi connectivity index (χ0) is 21.0. The minimum absolute atomic E-state index is 0.000541. The Balaban J connectivity index is 1.74. The van der Waals surface area contributed by atoms with Crippen LogP contribution in [0.15, 0.2) is 82.6 Å². The van der Waals surface area contributed by atoms with E-state index in [9.17, 15) is 13.2 Å². The van der Waals surface area contributed by atoms with Crippen molar-refractivity contribution >= 4 is 27.4 Å². The van der Waals surface area contributed by atoms with E-state index in [0.29, 0.717) is 16.3 Å². The van der Waals surface area contributed by atoms with Crippen molar-refractivity contribution in [1.82, 2.24) is 0 Å². The van der Waals surface area contributed by atoms with Gasteiger partial charge in [-0.3, -0.25) is 0 Å². The van der Waals surface area contributed by atoms with Gasteiger partial charge in [-0.1, -0.05) is 11.6 Å². The number of carbonyl (C=O) groups excluding carboxylic acids is 1. The molecule has 0 bridgehead atoms. The van der Waals surface area contributed by atoms with Crippen LogP contribution >= 0.6 is 11.6 Å². The second-order valence-electron chi connectivity index (χ2n) is 6.51. The van der Waals surface area contributed by atoms with Crippen LogP contribution in [0.1, 0.15) is 24.2 Å². The topological polar surface area (TPSA) is 69.7 Å². The number of esters is 1. The van der Waals surface area contributed by atoms with Gasteiger partial charge in [0, 0.05) is 5.02 Å². The van der Waals surface area contributed by atoms with Gasteiger partial charge in [-0.2, -0.15) is 0 Å². The molecule has 3 aromatic rings. The van der Waals surface area contributed by atoms with Gasteiger partial charge in [0.1, 0.15) is 11.5 Å². The maximum atomic E-state index is 12.8. The molecule has 0 N–H and O–H groups in total. The molecule has 0 aromatic heterocycles. The molecule has 3 rings (SSSR count). The summed E-state index contributed by atoms with van der Waals surface area (Å²) in [5.41, 5.74) is 0.342. The van der Waals surface area contributed by atoms with Gasteiger partial charge < -0.3 is 9.47 Å². The smallest absolute Gasteiger partial charge is 0.343 e. The average Bonchev–Trinajstić information content (AvgIpc) is 2.69. The first-order valence-electron chi connectivity index (χ1n) is 8.85. The first kappa shape index (κ1) is 20.9. The molecule has 0 atom stereocenters. The molecule has 29 heavy (non-hydrogen) atoms. The molecule has 0 amide bonds. The summed E-state index contributed by atoms with van der Waals surface area (Å²) < 4.78 is 36.4. The SMILES string of the molecule is CC(C)Oc1ccc(S(=O)(=O)c2ccc(OC(=O)c3ccc(Cl)cc3)cc2)cc1. The molecule has 0 radical (unpaired) electrons. The van der Waals surface area contributed by atoms with Gasteiger partial charge in [-0.25, -0.2) is 13.2 Å². The van der Waals surface area contributed by atoms with E-state index in [-0.39, 0.29) is 21.6 Å². The molecule has 150 valence electrons. The van der Waals surface area contributed by atoms with Gasteiger partial charge in [0.15, 0.2) is 0 Å². The fraction of sp³-hybridized carbons (Fsp3) is 0.136. The minimum atomic E-state index is -3.70. The average molecular weight is 431 g/mol. The first-order chi connectivity index (χ1) is 13.8. The summed E-state index contributed by atoms with van der Waals surface area (Å²) in [5.74, 6) is 0.283. The highest BCUT2D eigenvalue weighted by Gasteiger charge is 2.18. The highest BCUT2D eigenvalue weighted by molar-refractivity contribution is 7.91. The standard InChI is InChI=1S/C22H19ClO5S/c1-15(2)27-18-7-11-20(12-8-18)29(25,26)21-13-9-19(10-14-21)28-22(24)16-3-5-17(23)6-4-16/h3-15H,1-2H3. The Bertz CT molecular complexity index is 1090. The quantitative estimate of drug-likeness (QED) is 0.398. The van der Waals surface area contributed by atoms with E-state index in [1.807, 2.05) is 13.8 Å². The molecule has 0 aliphatic carbocycles. The lowest BCUT2D eigenvalue weighted by atomic mass is 10.2. The molecule has 0 spiro atoms. The number of hydrogen-bond donors (Lipinski definition) is 0. The molecule has 0 saturated carbocycles. The van der Waals surface area contributed by atoms with Gasteiger partial charge in [-0.15, -0.1) is 0 Å². The number of hydrogen-bond acceptors (Lipinski definition) is 5. The molecule has 0 aliphatic rings. The maximum Gasteiger partial charge on any atom is 0.343 e. The fourth-order valence-corrected chi connectivity index (χ4v) is 3.93. The van der Waals surface area contributed by atoms with E-state index in [1.54, 1.807) is 36.4 Å². The van der Waals surface area contributed by atoms with Crippen LogP contribution in [-0.4, -0.2) is 20.5 Å². The molecule has 0 unspecified atom stereocenters. The molecule has 0 saturated heterocycles. The summed E-state index contributed by atoms with van der Waals surface area (Å²) in [7, 11) is -3.70. The lowest BCUT2D eigenvalue weighted by Crippen LogP contribution is -2.08. The Labute approximate surface area is 174 Å². The highest BCUT2D eigenvalue weighted by Crippen LogP contribution is 2.25. The van der Waals surface area contributed by atoms with Crippen LogP contribution in [0, 0.1) is 0 Å². The largest absolute Gasteiger partial charge is 0.491 e. The Morgan fingerprint density at radius 3 is 1.76 bits per heavy atom. The van der Waals surface area contributed by atoms with Crippen LogP contribution in [0.2, 0.25) is 5.02 Å². The van der Waals surface area contributed by atoms with Gasteiger partial charge in [0.25, 0.3) is 0 Å².